The molecule has 0 saturated carbocycles. The fourth-order valence-corrected chi connectivity index (χ4v) is 4.56. The summed E-state index contributed by atoms with van der Waals surface area (Å²) in [5.41, 5.74) is 2.42. The van der Waals surface area contributed by atoms with Crippen molar-refractivity contribution < 1.29 is 4.74 Å². The zero-order valence-corrected chi connectivity index (χ0v) is 15.3. The Morgan fingerprint density at radius 3 is 3.00 bits per heavy atom. The summed E-state index contributed by atoms with van der Waals surface area (Å²) in [7, 11) is 1.68. The SMILES string of the molecule is COc1cccc(Nc2ncnc3sc4c(c23)CCC(C)C4)c1.Cl. The lowest BCUT2D eigenvalue weighted by atomic mass is 9.89. The molecule has 3 aromatic rings. The Kier molecular flexibility index (Phi) is 4.92. The van der Waals surface area contributed by atoms with E-state index in [0.29, 0.717) is 0 Å². The Balaban J connectivity index is 0.00000169. The standard InChI is InChI=1S/C18H19N3OS.ClH/c1-11-6-7-14-15(8-11)23-18-16(14)17(19-10-20-18)21-12-4-3-5-13(9-12)22-2;/h3-5,9-11H,6-8H2,1-2H3,(H,19,20,21);1H. The molecule has 1 aliphatic rings. The largest absolute Gasteiger partial charge is 0.497 e. The van der Waals surface area contributed by atoms with Crippen molar-refractivity contribution in [1.82, 2.24) is 9.97 Å². The number of anilines is 2. The molecule has 1 N–H and O–H groups in total. The molecule has 1 unspecified atom stereocenters. The molecule has 2 aromatic heterocycles. The predicted molar refractivity (Wildman–Crippen MR) is 102 cm³/mol. The quantitative estimate of drug-likeness (QED) is 0.713. The number of methoxy groups -OCH3 is 1. The van der Waals surface area contributed by atoms with Crippen molar-refractivity contribution in [2.45, 2.75) is 26.2 Å². The van der Waals surface area contributed by atoms with Gasteiger partial charge in [-0.25, -0.2) is 9.97 Å². The summed E-state index contributed by atoms with van der Waals surface area (Å²) < 4.78 is 5.30. The van der Waals surface area contributed by atoms with Crippen LogP contribution in [-0.2, 0) is 12.8 Å². The molecular weight excluding hydrogens is 342 g/mol. The first-order chi connectivity index (χ1) is 11.2. The van der Waals surface area contributed by atoms with Crippen molar-refractivity contribution in [3.8, 4) is 5.75 Å². The van der Waals surface area contributed by atoms with Crippen LogP contribution in [0.15, 0.2) is 30.6 Å². The topological polar surface area (TPSA) is 47.0 Å². The van der Waals surface area contributed by atoms with Crippen molar-refractivity contribution >= 4 is 45.5 Å². The average molecular weight is 362 g/mol. The molecule has 1 aromatic carbocycles. The highest BCUT2D eigenvalue weighted by Crippen LogP contribution is 2.40. The van der Waals surface area contributed by atoms with Gasteiger partial charge in [0.1, 0.15) is 22.7 Å². The van der Waals surface area contributed by atoms with Crippen LogP contribution in [0.1, 0.15) is 23.8 Å². The smallest absolute Gasteiger partial charge is 0.142 e. The monoisotopic (exact) mass is 361 g/mol. The van der Waals surface area contributed by atoms with Gasteiger partial charge in [0.25, 0.3) is 0 Å². The van der Waals surface area contributed by atoms with Crippen LogP contribution in [0.25, 0.3) is 10.2 Å². The molecule has 4 nitrogen and oxygen atoms in total. The number of rotatable bonds is 3. The summed E-state index contributed by atoms with van der Waals surface area (Å²) in [6, 6.07) is 7.92. The Morgan fingerprint density at radius 2 is 2.17 bits per heavy atom. The third kappa shape index (κ3) is 3.06. The van der Waals surface area contributed by atoms with Crippen molar-refractivity contribution in [2.75, 3.05) is 12.4 Å². The lowest BCUT2D eigenvalue weighted by Crippen LogP contribution is -2.09. The maximum Gasteiger partial charge on any atom is 0.142 e. The lowest BCUT2D eigenvalue weighted by Gasteiger charge is -2.18. The molecule has 6 heteroatoms. The van der Waals surface area contributed by atoms with Crippen LogP contribution in [0, 0.1) is 5.92 Å². The second-order valence-electron chi connectivity index (χ2n) is 6.11. The number of thiophene rings is 1. The van der Waals surface area contributed by atoms with Crippen LogP contribution >= 0.6 is 23.7 Å². The maximum atomic E-state index is 5.30. The van der Waals surface area contributed by atoms with E-state index in [1.165, 1.54) is 22.2 Å². The van der Waals surface area contributed by atoms with E-state index >= 15 is 0 Å². The summed E-state index contributed by atoms with van der Waals surface area (Å²) in [6.07, 6.45) is 5.17. The van der Waals surface area contributed by atoms with E-state index in [4.69, 9.17) is 4.74 Å². The van der Waals surface area contributed by atoms with Gasteiger partial charge in [-0.1, -0.05) is 13.0 Å². The number of hydrogen-bond acceptors (Lipinski definition) is 5. The molecule has 0 aliphatic heterocycles. The number of aromatic nitrogens is 2. The van der Waals surface area contributed by atoms with Gasteiger partial charge in [0.05, 0.1) is 12.5 Å². The zero-order chi connectivity index (χ0) is 15.8. The molecule has 0 amide bonds. The van der Waals surface area contributed by atoms with Crippen LogP contribution in [0.3, 0.4) is 0 Å². The third-order valence-corrected chi connectivity index (χ3v) is 5.59. The van der Waals surface area contributed by atoms with Crippen LogP contribution in [0.5, 0.6) is 5.75 Å². The van der Waals surface area contributed by atoms with Gasteiger partial charge < -0.3 is 10.1 Å². The minimum atomic E-state index is 0. The molecule has 1 aliphatic carbocycles. The van der Waals surface area contributed by atoms with Crippen molar-refractivity contribution in [1.29, 1.82) is 0 Å². The highest BCUT2D eigenvalue weighted by Gasteiger charge is 2.23. The van der Waals surface area contributed by atoms with Crippen LogP contribution in [-0.4, -0.2) is 17.1 Å². The molecule has 126 valence electrons. The summed E-state index contributed by atoms with van der Waals surface area (Å²) in [4.78, 5) is 11.6. The van der Waals surface area contributed by atoms with Crippen LogP contribution < -0.4 is 10.1 Å². The number of benzene rings is 1. The van der Waals surface area contributed by atoms with Crippen LogP contribution in [0.2, 0.25) is 0 Å². The van der Waals surface area contributed by atoms with Crippen molar-refractivity contribution in [2.24, 2.45) is 5.92 Å². The predicted octanol–water partition coefficient (Wildman–Crippen LogP) is 4.99. The molecular formula is C18H20ClN3OS. The van der Waals surface area contributed by atoms with E-state index in [0.717, 1.165) is 40.8 Å². The molecule has 0 fully saturated rings. The van der Waals surface area contributed by atoms with E-state index in [2.05, 4.69) is 22.2 Å². The molecule has 2 heterocycles. The van der Waals surface area contributed by atoms with Gasteiger partial charge >= 0.3 is 0 Å². The zero-order valence-electron chi connectivity index (χ0n) is 13.7. The maximum absolute atomic E-state index is 5.30. The minimum absolute atomic E-state index is 0. The minimum Gasteiger partial charge on any atom is -0.497 e. The first-order valence-corrected chi connectivity index (χ1v) is 8.72. The molecule has 0 spiro atoms. The van der Waals surface area contributed by atoms with Gasteiger partial charge in [-0.3, -0.25) is 0 Å². The molecule has 0 radical (unpaired) electrons. The van der Waals surface area contributed by atoms with Crippen molar-refractivity contribution in [3.63, 3.8) is 0 Å². The molecule has 1 atom stereocenters. The van der Waals surface area contributed by atoms with Gasteiger partial charge in [0, 0.05) is 16.6 Å². The second kappa shape index (κ2) is 6.95. The van der Waals surface area contributed by atoms with Gasteiger partial charge in [-0.05, 0) is 42.9 Å². The molecule has 0 bridgehead atoms. The number of aryl methyl sites for hydroxylation is 1. The Morgan fingerprint density at radius 1 is 1.29 bits per heavy atom. The fraction of sp³-hybridized carbons (Fsp3) is 0.333. The Labute approximate surface area is 151 Å². The molecule has 4 rings (SSSR count). The van der Waals surface area contributed by atoms with Gasteiger partial charge in [-0.15, -0.1) is 23.7 Å². The highest BCUT2D eigenvalue weighted by atomic mass is 35.5. The van der Waals surface area contributed by atoms with E-state index in [1.807, 2.05) is 35.6 Å². The normalized spacial score (nSPS) is 16.3. The lowest BCUT2D eigenvalue weighted by molar-refractivity contribution is 0.415. The first-order valence-electron chi connectivity index (χ1n) is 7.91. The number of nitrogens with zero attached hydrogens (tertiary/aromatic N) is 2. The number of ether oxygens (including phenoxy) is 1. The summed E-state index contributed by atoms with van der Waals surface area (Å²) in [6.45, 7) is 2.33. The number of fused-ring (bicyclic) bond motifs is 3. The van der Waals surface area contributed by atoms with E-state index in [1.54, 1.807) is 13.4 Å². The number of hydrogen-bond donors (Lipinski definition) is 1. The van der Waals surface area contributed by atoms with Crippen LogP contribution in [0.4, 0.5) is 11.5 Å². The summed E-state index contributed by atoms with van der Waals surface area (Å²) >= 11 is 1.82. The van der Waals surface area contributed by atoms with E-state index in [-0.39, 0.29) is 12.4 Å². The van der Waals surface area contributed by atoms with Crippen molar-refractivity contribution in [3.05, 3.63) is 41.0 Å². The van der Waals surface area contributed by atoms with Gasteiger partial charge in [-0.2, -0.15) is 0 Å². The molecule has 0 saturated heterocycles. The molecule has 24 heavy (non-hydrogen) atoms. The first kappa shape index (κ1) is 17.0. The Bertz CT molecular complexity index is 865. The Hall–Kier alpha value is -1.85. The number of halogens is 1. The summed E-state index contributed by atoms with van der Waals surface area (Å²) in [5.74, 6) is 2.50. The second-order valence-corrected chi connectivity index (χ2v) is 7.19. The van der Waals surface area contributed by atoms with Gasteiger partial charge in [0.15, 0.2) is 0 Å². The summed E-state index contributed by atoms with van der Waals surface area (Å²) in [5, 5.41) is 4.64. The highest BCUT2D eigenvalue weighted by molar-refractivity contribution is 7.19. The number of nitrogens with one attached hydrogen (secondary N) is 1. The van der Waals surface area contributed by atoms with E-state index < -0.39 is 0 Å². The average Bonchev–Trinajstić information content (AvgIpc) is 2.93. The van der Waals surface area contributed by atoms with Gasteiger partial charge in [0.2, 0.25) is 0 Å². The fourth-order valence-electron chi connectivity index (χ4n) is 3.21. The third-order valence-electron chi connectivity index (χ3n) is 4.42. The van der Waals surface area contributed by atoms with E-state index in [9.17, 15) is 0 Å².